The van der Waals surface area contributed by atoms with E-state index in [1.54, 1.807) is 36.3 Å². The van der Waals surface area contributed by atoms with Gasteiger partial charge in [-0.25, -0.2) is 9.97 Å². The van der Waals surface area contributed by atoms with Crippen molar-refractivity contribution in [2.75, 3.05) is 37.3 Å². The normalized spacial score (nSPS) is 13.9. The lowest BCUT2D eigenvalue weighted by molar-refractivity contribution is 0.0746. The Bertz CT molecular complexity index is 1060. The number of pyridine rings is 1. The highest BCUT2D eigenvalue weighted by Crippen LogP contribution is 2.21. The van der Waals surface area contributed by atoms with Crippen molar-refractivity contribution in [3.63, 3.8) is 0 Å². The van der Waals surface area contributed by atoms with E-state index >= 15 is 0 Å². The standard InChI is InChI=1S/C21H20N6OS/c1-29-21-24-8-9-27(21)18-6-2-4-16(14-18)20(28)26-12-10-25(11-13-26)19-17(15-22)5-3-7-23-19/h2-9,14H,10-13H2,1H3. The Morgan fingerprint density at radius 2 is 1.93 bits per heavy atom. The zero-order valence-corrected chi connectivity index (χ0v) is 16.8. The van der Waals surface area contributed by atoms with Crippen molar-refractivity contribution in [3.05, 3.63) is 66.1 Å². The summed E-state index contributed by atoms with van der Waals surface area (Å²) in [5, 5.41) is 10.2. The van der Waals surface area contributed by atoms with Gasteiger partial charge in [0, 0.05) is 56.0 Å². The Labute approximate surface area is 173 Å². The molecule has 3 heterocycles. The molecule has 0 N–H and O–H groups in total. The molecule has 1 saturated heterocycles. The van der Waals surface area contributed by atoms with Crippen molar-refractivity contribution in [2.45, 2.75) is 5.16 Å². The number of amides is 1. The highest BCUT2D eigenvalue weighted by Gasteiger charge is 2.24. The van der Waals surface area contributed by atoms with Gasteiger partial charge in [-0.1, -0.05) is 17.8 Å². The second-order valence-electron chi connectivity index (χ2n) is 6.60. The molecule has 8 heteroatoms. The van der Waals surface area contributed by atoms with Crippen LogP contribution in [0.2, 0.25) is 0 Å². The number of benzene rings is 1. The van der Waals surface area contributed by atoms with Gasteiger partial charge in [-0.2, -0.15) is 5.26 Å². The third-order valence-electron chi connectivity index (χ3n) is 4.93. The van der Waals surface area contributed by atoms with E-state index in [1.165, 1.54) is 0 Å². The zero-order valence-electron chi connectivity index (χ0n) is 16.0. The minimum atomic E-state index is 0.0128. The third-order valence-corrected chi connectivity index (χ3v) is 5.60. The van der Waals surface area contributed by atoms with Crippen LogP contribution in [0.15, 0.2) is 60.1 Å². The first kappa shape index (κ1) is 19.0. The molecule has 0 radical (unpaired) electrons. The van der Waals surface area contributed by atoms with Gasteiger partial charge in [-0.05, 0) is 36.6 Å². The maximum Gasteiger partial charge on any atom is 0.254 e. The molecule has 3 aromatic rings. The summed E-state index contributed by atoms with van der Waals surface area (Å²) in [4.78, 5) is 25.6. The molecule has 29 heavy (non-hydrogen) atoms. The van der Waals surface area contributed by atoms with Gasteiger partial charge in [-0.3, -0.25) is 9.36 Å². The van der Waals surface area contributed by atoms with Crippen LogP contribution >= 0.6 is 11.8 Å². The lowest BCUT2D eigenvalue weighted by atomic mass is 10.1. The van der Waals surface area contributed by atoms with E-state index in [1.807, 2.05) is 46.2 Å². The van der Waals surface area contributed by atoms with Crippen LogP contribution in [0.3, 0.4) is 0 Å². The van der Waals surface area contributed by atoms with Gasteiger partial charge in [0.05, 0.1) is 5.56 Å². The number of carbonyl (C=O) groups is 1. The van der Waals surface area contributed by atoms with Gasteiger partial charge in [0.25, 0.3) is 5.91 Å². The van der Waals surface area contributed by atoms with Crippen LogP contribution in [0.4, 0.5) is 5.82 Å². The van der Waals surface area contributed by atoms with Gasteiger partial charge in [0.2, 0.25) is 0 Å². The number of aromatic nitrogens is 3. The fourth-order valence-corrected chi connectivity index (χ4v) is 4.00. The molecule has 2 aromatic heterocycles. The average molecular weight is 404 g/mol. The first-order valence-corrected chi connectivity index (χ1v) is 10.5. The van der Waals surface area contributed by atoms with Crippen LogP contribution in [0.1, 0.15) is 15.9 Å². The van der Waals surface area contributed by atoms with Crippen molar-refractivity contribution < 1.29 is 4.79 Å². The van der Waals surface area contributed by atoms with E-state index in [2.05, 4.69) is 20.9 Å². The summed E-state index contributed by atoms with van der Waals surface area (Å²) >= 11 is 1.56. The smallest absolute Gasteiger partial charge is 0.254 e. The molecule has 0 atom stereocenters. The predicted molar refractivity (Wildman–Crippen MR) is 112 cm³/mol. The molecule has 0 aliphatic carbocycles. The second-order valence-corrected chi connectivity index (χ2v) is 7.37. The summed E-state index contributed by atoms with van der Waals surface area (Å²) in [7, 11) is 0. The van der Waals surface area contributed by atoms with Crippen LogP contribution in [-0.4, -0.2) is 57.8 Å². The average Bonchev–Trinajstić information content (AvgIpc) is 3.28. The fourth-order valence-electron chi connectivity index (χ4n) is 3.47. The highest BCUT2D eigenvalue weighted by molar-refractivity contribution is 7.98. The van der Waals surface area contributed by atoms with Crippen LogP contribution in [0.25, 0.3) is 5.69 Å². The van der Waals surface area contributed by atoms with Gasteiger partial charge >= 0.3 is 0 Å². The number of hydrogen-bond acceptors (Lipinski definition) is 6. The Hall–Kier alpha value is -3.31. The second kappa shape index (κ2) is 8.37. The molecular weight excluding hydrogens is 384 g/mol. The van der Waals surface area contributed by atoms with Crippen molar-refractivity contribution in [1.82, 2.24) is 19.4 Å². The van der Waals surface area contributed by atoms with Crippen LogP contribution in [0.5, 0.6) is 0 Å². The molecule has 0 unspecified atom stereocenters. The maximum absolute atomic E-state index is 13.1. The van der Waals surface area contributed by atoms with E-state index in [-0.39, 0.29) is 5.91 Å². The highest BCUT2D eigenvalue weighted by atomic mass is 32.2. The number of anilines is 1. The van der Waals surface area contributed by atoms with Crippen LogP contribution in [-0.2, 0) is 0 Å². The Morgan fingerprint density at radius 3 is 2.69 bits per heavy atom. The van der Waals surface area contributed by atoms with E-state index in [0.29, 0.717) is 43.1 Å². The minimum absolute atomic E-state index is 0.0128. The Kier molecular flexibility index (Phi) is 5.49. The largest absolute Gasteiger partial charge is 0.352 e. The molecule has 1 fully saturated rings. The van der Waals surface area contributed by atoms with E-state index in [4.69, 9.17) is 0 Å². The number of imidazole rings is 1. The summed E-state index contributed by atoms with van der Waals surface area (Å²) in [6.07, 6.45) is 7.32. The molecule has 0 spiro atoms. The number of carbonyl (C=O) groups excluding carboxylic acids is 1. The third kappa shape index (κ3) is 3.82. The topological polar surface area (TPSA) is 78.1 Å². The minimum Gasteiger partial charge on any atom is -0.352 e. The van der Waals surface area contributed by atoms with Gasteiger partial charge in [0.15, 0.2) is 5.16 Å². The molecule has 0 bridgehead atoms. The van der Waals surface area contributed by atoms with Gasteiger partial charge < -0.3 is 9.80 Å². The molecule has 1 aliphatic heterocycles. The van der Waals surface area contributed by atoms with E-state index in [0.717, 1.165) is 10.8 Å². The molecule has 4 rings (SSSR count). The molecule has 1 amide bonds. The molecular formula is C21H20N6OS. The van der Waals surface area contributed by atoms with Crippen molar-refractivity contribution in [3.8, 4) is 11.8 Å². The number of thioether (sulfide) groups is 1. The first-order valence-electron chi connectivity index (χ1n) is 9.28. The monoisotopic (exact) mass is 404 g/mol. The van der Waals surface area contributed by atoms with Gasteiger partial charge in [-0.15, -0.1) is 0 Å². The van der Waals surface area contributed by atoms with Crippen molar-refractivity contribution in [1.29, 1.82) is 5.26 Å². The van der Waals surface area contributed by atoms with E-state index in [9.17, 15) is 10.1 Å². The summed E-state index contributed by atoms with van der Waals surface area (Å²) in [6.45, 7) is 2.47. The quantitative estimate of drug-likeness (QED) is 0.622. The number of piperazine rings is 1. The first-order chi connectivity index (χ1) is 14.2. The summed E-state index contributed by atoms with van der Waals surface area (Å²) in [5.41, 5.74) is 2.14. The molecule has 7 nitrogen and oxygen atoms in total. The zero-order chi connectivity index (χ0) is 20.2. The predicted octanol–water partition coefficient (Wildman–Crippen LogP) is 2.82. The molecule has 146 valence electrons. The molecule has 1 aliphatic rings. The lowest BCUT2D eigenvalue weighted by Crippen LogP contribution is -2.49. The number of rotatable bonds is 4. The number of nitriles is 1. The Morgan fingerprint density at radius 1 is 1.10 bits per heavy atom. The van der Waals surface area contributed by atoms with Crippen molar-refractivity contribution >= 4 is 23.5 Å². The maximum atomic E-state index is 13.1. The summed E-state index contributed by atoms with van der Waals surface area (Å²) in [6, 6.07) is 13.3. The van der Waals surface area contributed by atoms with Crippen LogP contribution in [0, 0.1) is 11.3 Å². The van der Waals surface area contributed by atoms with Gasteiger partial charge in [0.1, 0.15) is 11.9 Å². The lowest BCUT2D eigenvalue weighted by Gasteiger charge is -2.35. The Balaban J connectivity index is 1.48. The molecule has 0 saturated carbocycles. The van der Waals surface area contributed by atoms with E-state index < -0.39 is 0 Å². The molecule has 1 aromatic carbocycles. The van der Waals surface area contributed by atoms with Crippen LogP contribution < -0.4 is 4.90 Å². The summed E-state index contributed by atoms with van der Waals surface area (Å²) < 4.78 is 1.98. The summed E-state index contributed by atoms with van der Waals surface area (Å²) in [5.74, 6) is 0.702. The SMILES string of the molecule is CSc1nccn1-c1cccc(C(=O)N2CCN(c3ncccc3C#N)CC2)c1. The number of nitrogens with zero attached hydrogens (tertiary/aromatic N) is 6. The fraction of sp³-hybridized carbons (Fsp3) is 0.238. The van der Waals surface area contributed by atoms with Crippen molar-refractivity contribution in [2.24, 2.45) is 0 Å². The number of hydrogen-bond donors (Lipinski definition) is 0.